The molecule has 1 fully saturated rings. The van der Waals surface area contributed by atoms with Gasteiger partial charge in [0, 0.05) is 17.1 Å². The Kier molecular flexibility index (Phi) is 17.5. The molecule has 408 valence electrons. The lowest BCUT2D eigenvalue weighted by atomic mass is 9.72. The van der Waals surface area contributed by atoms with E-state index in [2.05, 4.69) is 60.2 Å². The molecule has 0 aliphatic heterocycles. The van der Waals surface area contributed by atoms with Crippen molar-refractivity contribution < 1.29 is 48.8 Å². The lowest BCUT2D eigenvalue weighted by Crippen LogP contribution is -2.48. The van der Waals surface area contributed by atoms with Gasteiger partial charge in [-0.05, 0) is 134 Å². The number of Topliss-reactive ketones (excluding diaryl/α,β-unsaturated/α-hetero) is 1. The second-order valence-electron chi connectivity index (χ2n) is 21.7. The van der Waals surface area contributed by atoms with Gasteiger partial charge < -0.3 is 14.5 Å². The van der Waals surface area contributed by atoms with E-state index in [0.717, 1.165) is 49.1 Å². The number of hydrogen-bond donors (Lipinski definition) is 4. The summed E-state index contributed by atoms with van der Waals surface area (Å²) in [4.78, 5) is 48.5. The van der Waals surface area contributed by atoms with Crippen LogP contribution in [0.4, 0.5) is 33.2 Å². The number of allylic oxidation sites excluding steroid dienone is 1. The van der Waals surface area contributed by atoms with Crippen molar-refractivity contribution in [3.8, 4) is 6.07 Å². The highest BCUT2D eigenvalue weighted by atomic mass is 35.5. The number of nitrogens with one attached hydrogen (secondary N) is 4. The Balaban J connectivity index is 1.27. The molecule has 5 aromatic rings. The van der Waals surface area contributed by atoms with E-state index in [-0.39, 0.29) is 56.2 Å². The quantitative estimate of drug-likeness (QED) is 0.0443. The third kappa shape index (κ3) is 14.5. The average molecular weight is 1120 g/mol. The number of ketones is 1. The van der Waals surface area contributed by atoms with Gasteiger partial charge in [0.2, 0.25) is 32.0 Å². The lowest BCUT2D eigenvalue weighted by Gasteiger charge is -2.32. The average Bonchev–Trinajstić information content (AvgIpc) is 4.01. The summed E-state index contributed by atoms with van der Waals surface area (Å²) < 4.78 is 96.4. The zero-order valence-corrected chi connectivity index (χ0v) is 47.8. The maximum absolute atomic E-state index is 14.5. The predicted octanol–water partition coefficient (Wildman–Crippen LogP) is 11.4. The van der Waals surface area contributed by atoms with E-state index in [1.807, 2.05) is 25.1 Å². The summed E-state index contributed by atoms with van der Waals surface area (Å²) >= 11 is 6.52. The molecular formula is C54H66ClN7O11S3. The molecule has 4 N–H and O–H groups in total. The minimum atomic E-state index is -4.66. The monoisotopic (exact) mass is 1120 g/mol. The SMILES string of the molecule is CCS(=O)(=O)Nc1ccc(S(=O)(=O)Nc2ccc(Cl)c(NC(=O)C(OC(=O)N(c3ccc(/C=C(\C#N)c4nc5cc(C(C)(C)CC(C)(C)C)ccc5o4)c(C)c3)C3CCCC3)C(=O)C(C)(C)C)c2)c(NS(=O)(=O)CC)c1. The van der Waals surface area contributed by atoms with Crippen molar-refractivity contribution in [2.24, 2.45) is 10.8 Å². The van der Waals surface area contributed by atoms with Crippen molar-refractivity contribution in [2.75, 3.05) is 35.9 Å². The number of aryl methyl sites for hydroxylation is 1. The Morgan fingerprint density at radius 1 is 0.829 bits per heavy atom. The van der Waals surface area contributed by atoms with Gasteiger partial charge in [-0.15, -0.1) is 0 Å². The summed E-state index contributed by atoms with van der Waals surface area (Å²) in [7, 11) is -12.6. The fourth-order valence-electron chi connectivity index (χ4n) is 9.06. The number of rotatable bonds is 19. The highest BCUT2D eigenvalue weighted by Crippen LogP contribution is 2.39. The van der Waals surface area contributed by atoms with E-state index < -0.39 is 75.7 Å². The number of anilines is 5. The van der Waals surface area contributed by atoms with E-state index in [0.29, 0.717) is 40.8 Å². The van der Waals surface area contributed by atoms with Gasteiger partial charge in [0.25, 0.3) is 15.9 Å². The first kappa shape index (κ1) is 58.8. The van der Waals surface area contributed by atoms with Crippen molar-refractivity contribution in [1.82, 2.24) is 4.98 Å². The molecule has 1 saturated carbocycles. The fourth-order valence-corrected chi connectivity index (χ4v) is 11.8. The number of carbonyl (C=O) groups is 3. The maximum atomic E-state index is 14.5. The number of hydrogen-bond acceptors (Lipinski definition) is 13. The molecule has 0 bridgehead atoms. The third-order valence-electron chi connectivity index (χ3n) is 12.7. The number of aromatic nitrogens is 1. The van der Waals surface area contributed by atoms with Gasteiger partial charge in [0.15, 0.2) is 11.4 Å². The summed E-state index contributed by atoms with van der Waals surface area (Å²) in [6, 6.07) is 19.8. The molecule has 1 heterocycles. The molecule has 1 unspecified atom stereocenters. The van der Waals surface area contributed by atoms with Crippen molar-refractivity contribution in [3.63, 3.8) is 0 Å². The van der Waals surface area contributed by atoms with Crippen molar-refractivity contribution in [1.29, 1.82) is 5.26 Å². The number of sulfonamides is 3. The third-order valence-corrected chi connectivity index (χ3v) is 17.1. The van der Waals surface area contributed by atoms with Crippen LogP contribution in [0.3, 0.4) is 0 Å². The smallest absolute Gasteiger partial charge is 0.415 e. The second kappa shape index (κ2) is 22.6. The Morgan fingerprint density at radius 3 is 2.05 bits per heavy atom. The summed E-state index contributed by atoms with van der Waals surface area (Å²) in [5.41, 5.74) is 2.04. The van der Waals surface area contributed by atoms with Crippen molar-refractivity contribution >= 4 is 111 Å². The molecule has 6 rings (SSSR count). The molecule has 22 heteroatoms. The van der Waals surface area contributed by atoms with Crippen LogP contribution >= 0.6 is 11.6 Å². The number of nitriles is 1. The molecule has 1 aromatic heterocycles. The Morgan fingerprint density at radius 2 is 1.45 bits per heavy atom. The van der Waals surface area contributed by atoms with Crippen LogP contribution in [0.25, 0.3) is 22.7 Å². The molecule has 0 spiro atoms. The van der Waals surface area contributed by atoms with E-state index in [1.54, 1.807) is 45.0 Å². The molecule has 0 radical (unpaired) electrons. The zero-order chi connectivity index (χ0) is 56.3. The van der Waals surface area contributed by atoms with Crippen LogP contribution < -0.4 is 24.4 Å². The van der Waals surface area contributed by atoms with E-state index in [4.69, 9.17) is 25.7 Å². The van der Waals surface area contributed by atoms with Crippen LogP contribution in [0.1, 0.15) is 124 Å². The predicted molar refractivity (Wildman–Crippen MR) is 299 cm³/mol. The van der Waals surface area contributed by atoms with Crippen LogP contribution in [0.2, 0.25) is 5.02 Å². The summed E-state index contributed by atoms with van der Waals surface area (Å²) in [5.74, 6) is -2.44. The molecule has 1 aliphatic rings. The second-order valence-corrected chi connectivity index (χ2v) is 27.8. The number of carbonyl (C=O) groups excluding carboxylic acids is 3. The van der Waals surface area contributed by atoms with Crippen LogP contribution in [0.5, 0.6) is 0 Å². The number of nitrogens with zero attached hydrogens (tertiary/aromatic N) is 3. The number of fused-ring (bicyclic) bond motifs is 1. The Bertz CT molecular complexity index is 3480. The highest BCUT2D eigenvalue weighted by molar-refractivity contribution is 7.94. The number of ether oxygens (including phenoxy) is 1. The highest BCUT2D eigenvalue weighted by Gasteiger charge is 2.41. The summed E-state index contributed by atoms with van der Waals surface area (Å²) in [6.45, 7) is 20.2. The van der Waals surface area contributed by atoms with Crippen LogP contribution in [0.15, 0.2) is 82.1 Å². The molecular weight excluding hydrogens is 1050 g/mol. The van der Waals surface area contributed by atoms with Crippen LogP contribution in [-0.2, 0) is 49.8 Å². The Hall–Kier alpha value is -6.47. The summed E-state index contributed by atoms with van der Waals surface area (Å²) in [6.07, 6.45) is 2.44. The van der Waals surface area contributed by atoms with Crippen LogP contribution in [-0.4, -0.2) is 71.7 Å². The van der Waals surface area contributed by atoms with Crippen molar-refractivity contribution in [2.45, 2.75) is 131 Å². The zero-order valence-electron chi connectivity index (χ0n) is 44.5. The topological polar surface area (TPSA) is 264 Å². The molecule has 1 atom stereocenters. The van der Waals surface area contributed by atoms with Crippen molar-refractivity contribution in [3.05, 3.63) is 100 Å². The number of oxazole rings is 1. The molecule has 0 saturated heterocycles. The maximum Gasteiger partial charge on any atom is 0.415 e. The first-order valence-electron chi connectivity index (χ1n) is 24.7. The van der Waals surface area contributed by atoms with Gasteiger partial charge in [-0.3, -0.25) is 28.7 Å². The van der Waals surface area contributed by atoms with Gasteiger partial charge in [0.05, 0.1) is 39.3 Å². The largest absolute Gasteiger partial charge is 0.435 e. The number of benzene rings is 4. The van der Waals surface area contributed by atoms with E-state index in [1.165, 1.54) is 30.9 Å². The van der Waals surface area contributed by atoms with Gasteiger partial charge in [0.1, 0.15) is 22.1 Å². The molecule has 76 heavy (non-hydrogen) atoms. The molecule has 18 nitrogen and oxygen atoms in total. The van der Waals surface area contributed by atoms with Gasteiger partial charge in [-0.2, -0.15) is 5.26 Å². The first-order chi connectivity index (χ1) is 35.2. The minimum Gasteiger partial charge on any atom is -0.435 e. The Labute approximate surface area is 451 Å². The number of halogens is 1. The normalized spacial score (nSPS) is 14.4. The minimum absolute atomic E-state index is 0.0915. The number of amides is 2. The van der Waals surface area contributed by atoms with Gasteiger partial charge in [-0.25, -0.2) is 35.0 Å². The molecule has 2 amide bonds. The fraction of sp³-hybridized carbons (Fsp3) is 0.426. The van der Waals surface area contributed by atoms with Gasteiger partial charge in [-0.1, -0.05) is 92.0 Å². The first-order valence-corrected chi connectivity index (χ1v) is 29.9. The van der Waals surface area contributed by atoms with E-state index >= 15 is 0 Å². The molecule has 4 aromatic carbocycles. The van der Waals surface area contributed by atoms with E-state index in [9.17, 15) is 44.9 Å². The summed E-state index contributed by atoms with van der Waals surface area (Å²) in [5, 5.41) is 12.8. The van der Waals surface area contributed by atoms with Crippen LogP contribution in [0, 0.1) is 29.1 Å². The molecule has 1 aliphatic carbocycles. The standard InChI is InChI=1S/C54H66ClN7O11S3/c1-12-74(66,67)59-37-21-25-46(44(30-37)61-75(68,69)13-2)76(70,71)60-38-20-23-41(55)42(29-38)57-49(64)47(48(63)53(7,8)9)73-51(65)62(39-16-14-15-17-39)40-22-18-34(33(3)26-40)27-35(31-56)50-58-43-28-36(19-24-45(43)72-50)54(10,11)32-52(4,5)6/h18-30,39,47,59-61H,12-17,32H2,1-11H3,(H,57,64)/b35-27+. The lowest BCUT2D eigenvalue weighted by molar-refractivity contribution is -0.142. The van der Waals surface area contributed by atoms with Gasteiger partial charge >= 0.3 is 6.09 Å².